The number of esters is 2. The van der Waals surface area contributed by atoms with E-state index >= 15 is 0 Å². The zero-order valence-electron chi connectivity index (χ0n) is 21.0. The Labute approximate surface area is 214 Å². The zero-order chi connectivity index (χ0) is 26.7. The van der Waals surface area contributed by atoms with Gasteiger partial charge in [-0.2, -0.15) is 4.98 Å². The molecule has 1 aromatic heterocycles. The van der Waals surface area contributed by atoms with Gasteiger partial charge in [-0.3, -0.25) is 9.59 Å². The first-order chi connectivity index (χ1) is 17.5. The molecule has 1 atom stereocenters. The highest BCUT2D eigenvalue weighted by atomic mass is 16.7. The van der Waals surface area contributed by atoms with E-state index in [4.69, 9.17) is 18.7 Å². The minimum absolute atomic E-state index is 0.0206. The number of ketones is 1. The van der Waals surface area contributed by atoms with Gasteiger partial charge in [-0.25, -0.2) is 4.79 Å². The molecule has 37 heavy (non-hydrogen) atoms. The van der Waals surface area contributed by atoms with Crippen LogP contribution in [0.5, 0.6) is 5.75 Å². The number of carbonyl (C=O) groups excluding carboxylic acids is 3. The summed E-state index contributed by atoms with van der Waals surface area (Å²) in [6.45, 7) is 6.20. The van der Waals surface area contributed by atoms with E-state index in [-0.39, 0.29) is 23.5 Å². The molecule has 0 saturated heterocycles. The number of aryl methyl sites for hydroxylation is 1. The first kappa shape index (κ1) is 26.1. The summed E-state index contributed by atoms with van der Waals surface area (Å²) in [5.74, 6) is -0.997. The highest BCUT2D eigenvalue weighted by Gasteiger charge is 2.38. The molecule has 2 aromatic carbocycles. The number of hydrogen-bond acceptors (Lipinski definition) is 10. The summed E-state index contributed by atoms with van der Waals surface area (Å²) in [5, 5.41) is 14.5. The molecule has 0 amide bonds. The van der Waals surface area contributed by atoms with Gasteiger partial charge >= 0.3 is 19.1 Å². The lowest BCUT2D eigenvalue weighted by Gasteiger charge is -2.28. The summed E-state index contributed by atoms with van der Waals surface area (Å²) in [5.41, 5.74) is 1.10. The molecular weight excluding hydrogens is 479 g/mol. The van der Waals surface area contributed by atoms with Crippen molar-refractivity contribution in [3.63, 3.8) is 0 Å². The van der Waals surface area contributed by atoms with E-state index in [0.717, 1.165) is 0 Å². The molecule has 0 spiro atoms. The van der Waals surface area contributed by atoms with Crippen LogP contribution < -0.4 is 4.65 Å². The molecule has 10 nitrogen and oxygen atoms in total. The van der Waals surface area contributed by atoms with Crippen molar-refractivity contribution >= 4 is 24.8 Å². The molecule has 0 bridgehead atoms. The summed E-state index contributed by atoms with van der Waals surface area (Å²) < 4.78 is 20.7. The molecule has 0 aliphatic carbocycles. The third-order valence-electron chi connectivity index (χ3n) is 5.85. The Morgan fingerprint density at radius 2 is 1.89 bits per heavy atom. The van der Waals surface area contributed by atoms with E-state index in [1.54, 1.807) is 64.1 Å². The second-order valence-corrected chi connectivity index (χ2v) is 9.84. The average molecular weight is 506 g/mol. The number of ether oxygens (including phenoxy) is 2. The van der Waals surface area contributed by atoms with Crippen LogP contribution in [0.25, 0.3) is 11.4 Å². The Morgan fingerprint density at radius 3 is 2.59 bits per heavy atom. The fraction of sp³-hybridized carbons (Fsp3) is 0.346. The third kappa shape index (κ3) is 6.06. The van der Waals surface area contributed by atoms with Gasteiger partial charge < -0.3 is 23.7 Å². The summed E-state index contributed by atoms with van der Waals surface area (Å²) in [4.78, 5) is 41.7. The number of aromatic nitrogens is 2. The SMILES string of the molecule is Cc1nc(-c2cccc(C(=O)C[C@H]3Cc4cccc(C(=O)OCOC(=O)C(C)(C)C)c4OB3O)c2)no1. The molecular formula is C26H27BN2O8. The Balaban J connectivity index is 1.42. The van der Waals surface area contributed by atoms with Crippen LogP contribution in [0.1, 0.15) is 59.4 Å². The van der Waals surface area contributed by atoms with E-state index in [2.05, 4.69) is 10.1 Å². The number of fused-ring (bicyclic) bond motifs is 1. The van der Waals surface area contributed by atoms with Crippen LogP contribution in [0, 0.1) is 12.3 Å². The minimum atomic E-state index is -1.31. The number of hydrogen-bond donors (Lipinski definition) is 1. The van der Waals surface area contributed by atoms with Gasteiger partial charge in [0, 0.05) is 30.3 Å². The van der Waals surface area contributed by atoms with Crippen molar-refractivity contribution in [1.82, 2.24) is 10.1 Å². The Hall–Kier alpha value is -3.99. The molecule has 11 heteroatoms. The van der Waals surface area contributed by atoms with Gasteiger partial charge in [0.05, 0.1) is 5.41 Å². The van der Waals surface area contributed by atoms with Crippen LogP contribution in [0.3, 0.4) is 0 Å². The monoisotopic (exact) mass is 506 g/mol. The molecule has 0 radical (unpaired) electrons. The van der Waals surface area contributed by atoms with E-state index in [1.165, 1.54) is 6.07 Å². The molecule has 2 heterocycles. The van der Waals surface area contributed by atoms with Crippen LogP contribution >= 0.6 is 0 Å². The molecule has 3 aromatic rings. The Morgan fingerprint density at radius 1 is 1.14 bits per heavy atom. The van der Waals surface area contributed by atoms with Crippen molar-refractivity contribution in [1.29, 1.82) is 0 Å². The molecule has 192 valence electrons. The summed E-state index contributed by atoms with van der Waals surface area (Å²) in [6, 6.07) is 11.8. The maximum absolute atomic E-state index is 13.0. The summed E-state index contributed by atoms with van der Waals surface area (Å²) >= 11 is 0. The molecule has 4 rings (SSSR count). The predicted octanol–water partition coefficient (Wildman–Crippen LogP) is 3.81. The maximum atomic E-state index is 13.0. The number of carbonyl (C=O) groups is 3. The van der Waals surface area contributed by atoms with Crippen molar-refractivity contribution in [2.45, 2.75) is 46.4 Å². The second kappa shape index (κ2) is 10.6. The lowest BCUT2D eigenvalue weighted by molar-refractivity contribution is -0.161. The Bertz CT molecular complexity index is 1330. The standard InChI is InChI=1S/C26H27BN2O8/c1-15-28-23(29-37-15)18-9-5-7-16(11-18)21(30)13-19-12-17-8-6-10-20(22(17)36-27(19)33)24(31)34-14-35-25(32)26(2,3)4/h5-11,19,33H,12-14H2,1-4H3/t19-/m1/s1. The maximum Gasteiger partial charge on any atom is 0.526 e. The third-order valence-corrected chi connectivity index (χ3v) is 5.85. The Kier molecular flexibility index (Phi) is 7.44. The molecule has 1 N–H and O–H groups in total. The minimum Gasteiger partial charge on any atom is -0.535 e. The van der Waals surface area contributed by atoms with Crippen LogP contribution in [-0.2, 0) is 20.7 Å². The van der Waals surface area contributed by atoms with Gasteiger partial charge in [-0.15, -0.1) is 0 Å². The highest BCUT2D eigenvalue weighted by molar-refractivity contribution is 6.47. The van der Waals surface area contributed by atoms with E-state index in [9.17, 15) is 19.4 Å². The number of para-hydroxylation sites is 1. The van der Waals surface area contributed by atoms with Crippen LogP contribution in [0.2, 0.25) is 5.82 Å². The summed E-state index contributed by atoms with van der Waals surface area (Å²) in [6.07, 6.45) is 0.332. The van der Waals surface area contributed by atoms with Crippen molar-refractivity contribution < 1.29 is 38.1 Å². The first-order valence-corrected chi connectivity index (χ1v) is 11.8. The van der Waals surface area contributed by atoms with Crippen LogP contribution in [0.15, 0.2) is 47.0 Å². The van der Waals surface area contributed by atoms with Crippen molar-refractivity contribution in [3.8, 4) is 17.1 Å². The molecule has 1 aliphatic heterocycles. The molecule has 0 unspecified atom stereocenters. The van der Waals surface area contributed by atoms with Crippen molar-refractivity contribution in [2.75, 3.05) is 6.79 Å². The molecule has 0 saturated carbocycles. The van der Waals surface area contributed by atoms with Gasteiger partial charge in [0.1, 0.15) is 11.3 Å². The van der Waals surface area contributed by atoms with Gasteiger partial charge in [0.25, 0.3) is 0 Å². The van der Waals surface area contributed by atoms with Gasteiger partial charge in [0.2, 0.25) is 18.5 Å². The zero-order valence-corrected chi connectivity index (χ0v) is 21.0. The number of Topliss-reactive ketones (excluding diaryl/α,β-unsaturated/α-hetero) is 1. The van der Waals surface area contributed by atoms with Gasteiger partial charge in [0.15, 0.2) is 5.78 Å². The van der Waals surface area contributed by atoms with Gasteiger partial charge in [-0.1, -0.05) is 35.5 Å². The summed E-state index contributed by atoms with van der Waals surface area (Å²) in [7, 11) is -1.31. The predicted molar refractivity (Wildman–Crippen MR) is 132 cm³/mol. The topological polar surface area (TPSA) is 138 Å². The number of benzene rings is 2. The van der Waals surface area contributed by atoms with Crippen LogP contribution in [0.4, 0.5) is 0 Å². The molecule has 1 aliphatic rings. The lowest BCUT2D eigenvalue weighted by atomic mass is 9.64. The first-order valence-electron chi connectivity index (χ1n) is 11.8. The quantitative estimate of drug-likeness (QED) is 0.218. The largest absolute Gasteiger partial charge is 0.535 e. The number of nitrogens with zero attached hydrogens (tertiary/aromatic N) is 2. The van der Waals surface area contributed by atoms with Crippen molar-refractivity contribution in [2.24, 2.45) is 5.41 Å². The van der Waals surface area contributed by atoms with E-state index in [0.29, 0.717) is 34.8 Å². The smallest absolute Gasteiger partial charge is 0.526 e. The fourth-order valence-electron chi connectivity index (χ4n) is 3.85. The van der Waals surface area contributed by atoms with E-state index < -0.39 is 37.1 Å². The van der Waals surface area contributed by atoms with Crippen LogP contribution in [-0.4, -0.2) is 46.8 Å². The highest BCUT2D eigenvalue weighted by Crippen LogP contribution is 2.37. The van der Waals surface area contributed by atoms with Crippen molar-refractivity contribution in [3.05, 3.63) is 65.0 Å². The number of rotatable bonds is 7. The lowest BCUT2D eigenvalue weighted by Crippen LogP contribution is -2.36. The van der Waals surface area contributed by atoms with Gasteiger partial charge in [-0.05, 0) is 44.9 Å². The fourth-order valence-corrected chi connectivity index (χ4v) is 3.85. The molecule has 0 fully saturated rings. The second-order valence-electron chi connectivity index (χ2n) is 9.84. The average Bonchev–Trinajstić information content (AvgIpc) is 3.29. The normalized spacial score (nSPS) is 14.9. The van der Waals surface area contributed by atoms with E-state index in [1.807, 2.05) is 0 Å².